The summed E-state index contributed by atoms with van der Waals surface area (Å²) in [5.41, 5.74) is 1.05. The maximum absolute atomic E-state index is 13.3. The molecule has 15 heavy (non-hydrogen) atoms. The molecule has 0 amide bonds. The lowest BCUT2D eigenvalue weighted by Gasteiger charge is -2.34. The average Bonchev–Trinajstić information content (AvgIpc) is 2.08. The molecule has 1 nitrogen and oxygen atoms in total. The van der Waals surface area contributed by atoms with Gasteiger partial charge in [-0.15, -0.1) is 0 Å². The minimum atomic E-state index is -0.168. The summed E-state index contributed by atoms with van der Waals surface area (Å²) >= 11 is 3.33. The van der Waals surface area contributed by atoms with Crippen molar-refractivity contribution in [2.75, 3.05) is 7.05 Å². The van der Waals surface area contributed by atoms with Gasteiger partial charge in [-0.3, -0.25) is 0 Å². The van der Waals surface area contributed by atoms with Crippen LogP contribution in [0.5, 0.6) is 0 Å². The highest BCUT2D eigenvalue weighted by Gasteiger charge is 2.27. The van der Waals surface area contributed by atoms with E-state index in [1.807, 2.05) is 13.1 Å². The van der Waals surface area contributed by atoms with Gasteiger partial charge in [-0.25, -0.2) is 4.39 Å². The zero-order chi connectivity index (χ0) is 10.8. The summed E-state index contributed by atoms with van der Waals surface area (Å²) in [4.78, 5) is 0. The van der Waals surface area contributed by atoms with E-state index < -0.39 is 0 Å². The van der Waals surface area contributed by atoms with E-state index in [0.717, 1.165) is 10.0 Å². The molecule has 1 aromatic carbocycles. The van der Waals surface area contributed by atoms with Crippen LogP contribution in [0, 0.1) is 11.7 Å². The highest BCUT2D eigenvalue weighted by Crippen LogP contribution is 2.38. The molecule has 0 saturated heterocycles. The Hall–Kier alpha value is -0.410. The fraction of sp³-hybridized carbons (Fsp3) is 0.500. The predicted molar refractivity (Wildman–Crippen MR) is 63.2 cm³/mol. The van der Waals surface area contributed by atoms with Gasteiger partial charge in [0.05, 0.1) is 0 Å². The van der Waals surface area contributed by atoms with Crippen LogP contribution in [0.3, 0.4) is 0 Å². The summed E-state index contributed by atoms with van der Waals surface area (Å²) in [6, 6.07) is 5.43. The van der Waals surface area contributed by atoms with Gasteiger partial charge in [0.2, 0.25) is 0 Å². The number of hydrogen-bond donors (Lipinski definition) is 1. The van der Waals surface area contributed by atoms with Crippen molar-refractivity contribution in [3.8, 4) is 0 Å². The van der Waals surface area contributed by atoms with Gasteiger partial charge in [-0.2, -0.15) is 0 Å². The van der Waals surface area contributed by atoms with E-state index >= 15 is 0 Å². The third kappa shape index (κ3) is 2.40. The molecule has 1 saturated carbocycles. The number of halogens is 2. The SMILES string of the molecule is CNC(c1cc(F)cc(Br)c1)C1CCC1. The normalized spacial score (nSPS) is 18.6. The van der Waals surface area contributed by atoms with Crippen molar-refractivity contribution in [3.05, 3.63) is 34.1 Å². The van der Waals surface area contributed by atoms with Crippen LogP contribution in [-0.2, 0) is 0 Å². The molecule has 82 valence electrons. The Morgan fingerprint density at radius 2 is 2.13 bits per heavy atom. The lowest BCUT2D eigenvalue weighted by atomic mass is 9.77. The Morgan fingerprint density at radius 3 is 2.60 bits per heavy atom. The Bertz CT molecular complexity index is 329. The number of rotatable bonds is 3. The molecule has 1 fully saturated rings. The smallest absolute Gasteiger partial charge is 0.124 e. The summed E-state index contributed by atoms with van der Waals surface area (Å²) in [7, 11) is 1.95. The molecule has 0 spiro atoms. The largest absolute Gasteiger partial charge is 0.313 e. The van der Waals surface area contributed by atoms with E-state index in [1.54, 1.807) is 6.07 Å². The standard InChI is InChI=1S/C12H15BrFN/c1-15-12(8-3-2-4-8)9-5-10(13)7-11(14)6-9/h5-8,12,15H,2-4H2,1H3. The predicted octanol–water partition coefficient (Wildman–Crippen LogP) is 3.65. The summed E-state index contributed by atoms with van der Waals surface area (Å²) in [6.07, 6.45) is 3.80. The zero-order valence-corrected chi connectivity index (χ0v) is 10.3. The topological polar surface area (TPSA) is 12.0 Å². The molecular formula is C12H15BrFN. The second-order valence-corrected chi connectivity index (χ2v) is 5.08. The first-order valence-corrected chi connectivity index (χ1v) is 6.13. The molecule has 0 aliphatic heterocycles. The van der Waals surface area contributed by atoms with Gasteiger partial charge in [0.1, 0.15) is 5.82 Å². The van der Waals surface area contributed by atoms with Crippen LogP contribution in [0.15, 0.2) is 22.7 Å². The molecule has 1 atom stereocenters. The van der Waals surface area contributed by atoms with Gasteiger partial charge in [0.15, 0.2) is 0 Å². The summed E-state index contributed by atoms with van der Waals surface area (Å²) < 4.78 is 14.1. The Balaban J connectivity index is 2.24. The van der Waals surface area contributed by atoms with Crippen LogP contribution < -0.4 is 5.32 Å². The third-order valence-corrected chi connectivity index (χ3v) is 3.63. The fourth-order valence-corrected chi connectivity index (χ4v) is 2.69. The monoisotopic (exact) mass is 271 g/mol. The molecule has 1 aliphatic rings. The zero-order valence-electron chi connectivity index (χ0n) is 8.76. The quantitative estimate of drug-likeness (QED) is 0.885. The minimum Gasteiger partial charge on any atom is -0.313 e. The lowest BCUT2D eigenvalue weighted by molar-refractivity contribution is 0.239. The van der Waals surface area contributed by atoms with Crippen LogP contribution in [0.1, 0.15) is 30.9 Å². The Morgan fingerprint density at radius 1 is 1.40 bits per heavy atom. The summed E-state index contributed by atoms with van der Waals surface area (Å²) in [5.74, 6) is 0.502. The average molecular weight is 272 g/mol. The van der Waals surface area contributed by atoms with Gasteiger partial charge in [-0.05, 0) is 49.6 Å². The highest BCUT2D eigenvalue weighted by atomic mass is 79.9. The van der Waals surface area contributed by atoms with Crippen molar-refractivity contribution in [1.82, 2.24) is 5.32 Å². The number of hydrogen-bond acceptors (Lipinski definition) is 1. The molecule has 0 aromatic heterocycles. The summed E-state index contributed by atoms with van der Waals surface area (Å²) in [6.45, 7) is 0. The van der Waals surface area contributed by atoms with Crippen molar-refractivity contribution in [2.24, 2.45) is 5.92 Å². The Labute approximate surface area is 98.2 Å². The van der Waals surface area contributed by atoms with Crippen molar-refractivity contribution >= 4 is 15.9 Å². The van der Waals surface area contributed by atoms with Gasteiger partial charge in [0.25, 0.3) is 0 Å². The van der Waals surface area contributed by atoms with E-state index in [1.165, 1.54) is 25.3 Å². The van der Waals surface area contributed by atoms with Gasteiger partial charge < -0.3 is 5.32 Å². The first-order chi connectivity index (χ1) is 7.20. The maximum atomic E-state index is 13.3. The number of benzene rings is 1. The van der Waals surface area contributed by atoms with Gasteiger partial charge in [0, 0.05) is 10.5 Å². The second-order valence-electron chi connectivity index (χ2n) is 4.16. The maximum Gasteiger partial charge on any atom is 0.124 e. The molecule has 1 N–H and O–H groups in total. The van der Waals surface area contributed by atoms with Crippen molar-refractivity contribution in [3.63, 3.8) is 0 Å². The van der Waals surface area contributed by atoms with E-state index in [9.17, 15) is 4.39 Å². The molecule has 2 rings (SSSR count). The van der Waals surface area contributed by atoms with Crippen LogP contribution in [0.25, 0.3) is 0 Å². The van der Waals surface area contributed by atoms with E-state index in [4.69, 9.17) is 0 Å². The molecular weight excluding hydrogens is 257 g/mol. The van der Waals surface area contributed by atoms with Gasteiger partial charge >= 0.3 is 0 Å². The first kappa shape index (κ1) is 11.1. The van der Waals surface area contributed by atoms with Gasteiger partial charge in [-0.1, -0.05) is 22.4 Å². The van der Waals surface area contributed by atoms with Crippen LogP contribution in [0.2, 0.25) is 0 Å². The molecule has 0 bridgehead atoms. The van der Waals surface area contributed by atoms with E-state index in [2.05, 4.69) is 21.2 Å². The molecule has 1 aliphatic carbocycles. The summed E-state index contributed by atoms with van der Waals surface area (Å²) in [5, 5.41) is 3.29. The molecule has 0 heterocycles. The molecule has 3 heteroatoms. The molecule has 1 unspecified atom stereocenters. The minimum absolute atomic E-state index is 0.168. The van der Waals surface area contributed by atoms with E-state index in [-0.39, 0.29) is 5.82 Å². The second kappa shape index (κ2) is 4.62. The lowest BCUT2D eigenvalue weighted by Crippen LogP contribution is -2.29. The highest BCUT2D eigenvalue weighted by molar-refractivity contribution is 9.10. The van der Waals surface area contributed by atoms with Crippen molar-refractivity contribution in [2.45, 2.75) is 25.3 Å². The molecule has 0 radical (unpaired) electrons. The number of nitrogens with one attached hydrogen (secondary N) is 1. The van der Waals surface area contributed by atoms with Crippen LogP contribution >= 0.6 is 15.9 Å². The van der Waals surface area contributed by atoms with E-state index in [0.29, 0.717) is 12.0 Å². The molecule has 1 aromatic rings. The first-order valence-electron chi connectivity index (χ1n) is 5.34. The third-order valence-electron chi connectivity index (χ3n) is 3.18. The van der Waals surface area contributed by atoms with Crippen LogP contribution in [0.4, 0.5) is 4.39 Å². The van der Waals surface area contributed by atoms with Crippen molar-refractivity contribution in [1.29, 1.82) is 0 Å². The fourth-order valence-electron chi connectivity index (χ4n) is 2.20. The van der Waals surface area contributed by atoms with Crippen LogP contribution in [-0.4, -0.2) is 7.05 Å². The Kier molecular flexibility index (Phi) is 3.42. The van der Waals surface area contributed by atoms with Crippen molar-refractivity contribution < 1.29 is 4.39 Å².